The number of rotatable bonds is 5. The normalized spacial score (nSPS) is 15.2. The van der Waals surface area contributed by atoms with Gasteiger partial charge in [-0.2, -0.15) is 0 Å². The number of carbonyl (C=O) groups excluding carboxylic acids is 1. The fourth-order valence-corrected chi connectivity index (χ4v) is 3.34. The Morgan fingerprint density at radius 1 is 1.19 bits per heavy atom. The molecule has 1 aliphatic heterocycles. The summed E-state index contributed by atoms with van der Waals surface area (Å²) in [5.41, 5.74) is 3.58. The van der Waals surface area contributed by atoms with Crippen LogP contribution < -0.4 is 10.6 Å². The molecular weight excluding hydrogens is 326 g/mol. The summed E-state index contributed by atoms with van der Waals surface area (Å²) < 4.78 is 0. The quantitative estimate of drug-likeness (QED) is 0.864. The third-order valence-corrected chi connectivity index (χ3v) is 4.53. The third kappa shape index (κ3) is 4.86. The number of carbonyl (C=O) groups is 1. The van der Waals surface area contributed by atoms with Crippen LogP contribution in [0.15, 0.2) is 30.6 Å². The fourth-order valence-electron chi connectivity index (χ4n) is 3.34. The zero-order valence-electron chi connectivity index (χ0n) is 15.7. The topological polar surface area (TPSA) is 70.2 Å². The van der Waals surface area contributed by atoms with E-state index in [0.717, 1.165) is 49.6 Å². The van der Waals surface area contributed by atoms with Gasteiger partial charge in [0.05, 0.1) is 5.56 Å². The Bertz CT molecular complexity index is 751. The van der Waals surface area contributed by atoms with Crippen LogP contribution in [0.1, 0.15) is 46.1 Å². The Balaban J connectivity index is 1.68. The smallest absolute Gasteiger partial charge is 0.258 e. The SMILES string of the molecule is Cc1cc(CN(C)C)cc(NC(=O)c2cnc(C3CCNCC3)nc2)c1. The van der Waals surface area contributed by atoms with Gasteiger partial charge in [0, 0.05) is 30.5 Å². The van der Waals surface area contributed by atoms with E-state index in [1.54, 1.807) is 12.4 Å². The molecule has 1 fully saturated rings. The highest BCUT2D eigenvalue weighted by molar-refractivity contribution is 6.03. The Labute approximate surface area is 155 Å². The standard InChI is InChI=1S/C20H27N5O/c1-14-8-15(13-25(2)3)10-18(9-14)24-20(26)17-11-22-19(23-12-17)16-4-6-21-7-5-16/h8-12,16,21H,4-7,13H2,1-3H3,(H,24,26). The van der Waals surface area contributed by atoms with E-state index in [4.69, 9.17) is 0 Å². The summed E-state index contributed by atoms with van der Waals surface area (Å²) in [7, 11) is 4.06. The van der Waals surface area contributed by atoms with Crippen molar-refractivity contribution in [3.05, 3.63) is 53.1 Å². The van der Waals surface area contributed by atoms with Gasteiger partial charge in [-0.25, -0.2) is 9.97 Å². The number of aromatic nitrogens is 2. The lowest BCUT2D eigenvalue weighted by Crippen LogP contribution is -2.27. The molecule has 1 aromatic heterocycles. The van der Waals surface area contributed by atoms with Gasteiger partial charge in [-0.05, 0) is 70.2 Å². The number of hydrogen-bond donors (Lipinski definition) is 2. The number of benzene rings is 1. The molecule has 1 amide bonds. The maximum absolute atomic E-state index is 12.5. The summed E-state index contributed by atoms with van der Waals surface area (Å²) in [5.74, 6) is 1.05. The number of anilines is 1. The monoisotopic (exact) mass is 353 g/mol. The molecule has 2 N–H and O–H groups in total. The molecule has 138 valence electrons. The first-order chi connectivity index (χ1) is 12.5. The van der Waals surface area contributed by atoms with Crippen LogP contribution in [-0.4, -0.2) is 48.0 Å². The van der Waals surface area contributed by atoms with Crippen LogP contribution in [0.4, 0.5) is 5.69 Å². The molecule has 1 aliphatic rings. The largest absolute Gasteiger partial charge is 0.322 e. The van der Waals surface area contributed by atoms with Crippen LogP contribution in [0, 0.1) is 6.92 Å². The molecule has 26 heavy (non-hydrogen) atoms. The van der Waals surface area contributed by atoms with E-state index in [9.17, 15) is 4.79 Å². The van der Waals surface area contributed by atoms with E-state index in [1.165, 1.54) is 5.56 Å². The molecule has 0 atom stereocenters. The van der Waals surface area contributed by atoms with Gasteiger partial charge < -0.3 is 15.5 Å². The van der Waals surface area contributed by atoms with Crippen molar-refractivity contribution in [3.8, 4) is 0 Å². The molecular formula is C20H27N5O. The van der Waals surface area contributed by atoms with E-state index >= 15 is 0 Å². The highest BCUT2D eigenvalue weighted by atomic mass is 16.1. The highest BCUT2D eigenvalue weighted by Crippen LogP contribution is 2.22. The van der Waals surface area contributed by atoms with E-state index in [1.807, 2.05) is 33.2 Å². The average Bonchev–Trinajstić information content (AvgIpc) is 2.61. The Morgan fingerprint density at radius 3 is 2.54 bits per heavy atom. The second-order valence-electron chi connectivity index (χ2n) is 7.25. The second-order valence-corrected chi connectivity index (χ2v) is 7.25. The summed E-state index contributed by atoms with van der Waals surface area (Å²) in [4.78, 5) is 23.5. The average molecular weight is 353 g/mol. The molecule has 1 saturated heterocycles. The van der Waals surface area contributed by atoms with Crippen molar-refractivity contribution >= 4 is 11.6 Å². The molecule has 2 aromatic rings. The van der Waals surface area contributed by atoms with Crippen LogP contribution in [0.2, 0.25) is 0 Å². The summed E-state index contributed by atoms with van der Waals surface area (Å²) >= 11 is 0. The van der Waals surface area contributed by atoms with Crippen LogP contribution >= 0.6 is 0 Å². The van der Waals surface area contributed by atoms with Crippen LogP contribution in [-0.2, 0) is 6.54 Å². The molecule has 1 aromatic carbocycles. The minimum atomic E-state index is -0.178. The van der Waals surface area contributed by atoms with E-state index in [0.29, 0.717) is 11.5 Å². The number of aryl methyl sites for hydroxylation is 1. The van der Waals surface area contributed by atoms with Crippen molar-refractivity contribution in [3.63, 3.8) is 0 Å². The Hall–Kier alpha value is -2.31. The highest BCUT2D eigenvalue weighted by Gasteiger charge is 2.18. The molecule has 3 rings (SSSR count). The molecule has 0 spiro atoms. The number of nitrogens with zero attached hydrogens (tertiary/aromatic N) is 3. The number of amides is 1. The van der Waals surface area contributed by atoms with Crippen molar-refractivity contribution in [1.29, 1.82) is 0 Å². The van der Waals surface area contributed by atoms with Gasteiger partial charge in [0.2, 0.25) is 0 Å². The lowest BCUT2D eigenvalue weighted by Gasteiger charge is -2.21. The van der Waals surface area contributed by atoms with Crippen molar-refractivity contribution in [2.24, 2.45) is 0 Å². The molecule has 0 bridgehead atoms. The Morgan fingerprint density at radius 2 is 1.88 bits per heavy atom. The van der Waals surface area contributed by atoms with Crippen molar-refractivity contribution in [2.45, 2.75) is 32.2 Å². The molecule has 6 heteroatoms. The van der Waals surface area contributed by atoms with Gasteiger partial charge in [-0.1, -0.05) is 6.07 Å². The lowest BCUT2D eigenvalue weighted by molar-refractivity contribution is 0.102. The van der Waals surface area contributed by atoms with Gasteiger partial charge in [0.1, 0.15) is 5.82 Å². The second kappa shape index (κ2) is 8.38. The van der Waals surface area contributed by atoms with Crippen molar-refractivity contribution in [1.82, 2.24) is 20.2 Å². The van der Waals surface area contributed by atoms with Crippen molar-refractivity contribution < 1.29 is 4.79 Å². The summed E-state index contributed by atoms with van der Waals surface area (Å²) in [6, 6.07) is 6.11. The zero-order valence-corrected chi connectivity index (χ0v) is 15.7. The van der Waals surface area contributed by atoms with Crippen LogP contribution in [0.25, 0.3) is 0 Å². The van der Waals surface area contributed by atoms with Gasteiger partial charge in [-0.15, -0.1) is 0 Å². The molecule has 0 radical (unpaired) electrons. The van der Waals surface area contributed by atoms with E-state index in [-0.39, 0.29) is 5.91 Å². The predicted octanol–water partition coefficient (Wildman–Crippen LogP) is 2.57. The summed E-state index contributed by atoms with van der Waals surface area (Å²) in [6.45, 7) is 4.86. The minimum Gasteiger partial charge on any atom is -0.322 e. The number of hydrogen-bond acceptors (Lipinski definition) is 5. The Kier molecular flexibility index (Phi) is 5.96. The fraction of sp³-hybridized carbons (Fsp3) is 0.450. The molecule has 2 heterocycles. The van der Waals surface area contributed by atoms with Crippen molar-refractivity contribution in [2.75, 3.05) is 32.5 Å². The molecule has 0 unspecified atom stereocenters. The number of nitrogens with one attached hydrogen (secondary N) is 2. The first-order valence-corrected chi connectivity index (χ1v) is 9.10. The maximum atomic E-state index is 12.5. The van der Waals surface area contributed by atoms with E-state index in [2.05, 4.69) is 31.6 Å². The minimum absolute atomic E-state index is 0.178. The first kappa shape index (κ1) is 18.5. The predicted molar refractivity (Wildman–Crippen MR) is 103 cm³/mol. The van der Waals surface area contributed by atoms with Gasteiger partial charge in [-0.3, -0.25) is 4.79 Å². The lowest BCUT2D eigenvalue weighted by atomic mass is 9.97. The maximum Gasteiger partial charge on any atom is 0.258 e. The first-order valence-electron chi connectivity index (χ1n) is 9.10. The molecule has 6 nitrogen and oxygen atoms in total. The number of piperidine rings is 1. The van der Waals surface area contributed by atoms with Gasteiger partial charge in [0.25, 0.3) is 5.91 Å². The molecule has 0 saturated carbocycles. The van der Waals surface area contributed by atoms with Gasteiger partial charge in [0.15, 0.2) is 0 Å². The summed E-state index contributed by atoms with van der Waals surface area (Å²) in [6.07, 6.45) is 5.36. The van der Waals surface area contributed by atoms with E-state index < -0.39 is 0 Å². The van der Waals surface area contributed by atoms with Crippen LogP contribution in [0.5, 0.6) is 0 Å². The summed E-state index contributed by atoms with van der Waals surface area (Å²) in [5, 5.41) is 6.30. The zero-order chi connectivity index (χ0) is 18.5. The van der Waals surface area contributed by atoms with Crippen LogP contribution in [0.3, 0.4) is 0 Å². The van der Waals surface area contributed by atoms with Gasteiger partial charge >= 0.3 is 0 Å². The molecule has 0 aliphatic carbocycles. The third-order valence-electron chi connectivity index (χ3n) is 4.53.